The molecule has 0 saturated carbocycles. The van der Waals surface area contributed by atoms with Crippen LogP contribution >= 0.6 is 11.8 Å². The van der Waals surface area contributed by atoms with Crippen molar-refractivity contribution in [1.82, 2.24) is 20.2 Å². The highest BCUT2D eigenvalue weighted by molar-refractivity contribution is 7.99. The van der Waals surface area contributed by atoms with Gasteiger partial charge in [0, 0.05) is 28.2 Å². The van der Waals surface area contributed by atoms with Gasteiger partial charge in [-0.3, -0.25) is 14.9 Å². The predicted molar refractivity (Wildman–Crippen MR) is 113 cm³/mol. The predicted octanol–water partition coefficient (Wildman–Crippen LogP) is 3.62. The zero-order chi connectivity index (χ0) is 29.5. The molecule has 20 heteroatoms. The number of amides is 1. The first kappa shape index (κ1) is 29.5. The van der Waals surface area contributed by atoms with Crippen molar-refractivity contribution in [1.29, 1.82) is 0 Å². The van der Waals surface area contributed by atoms with Gasteiger partial charge in [-0.15, -0.1) is 5.10 Å². The number of rotatable bonds is 9. The van der Waals surface area contributed by atoms with Gasteiger partial charge in [-0.1, -0.05) is 0 Å². The van der Waals surface area contributed by atoms with Gasteiger partial charge in [-0.05, 0) is 34.3 Å². The van der Waals surface area contributed by atoms with Gasteiger partial charge >= 0.3 is 18.0 Å². The van der Waals surface area contributed by atoms with Crippen molar-refractivity contribution in [2.24, 2.45) is 5.73 Å². The minimum Gasteiger partial charge on any atom is -0.507 e. The minimum atomic E-state index is -6.76. The number of nitro groups is 1. The molecule has 11 nitrogen and oxygen atoms in total. The summed E-state index contributed by atoms with van der Waals surface area (Å²) in [6.45, 7) is -0.720. The SMILES string of the molecule is NC(=O)c1cc([N+](=O)[O-])cc(-c2c(O)cc(C(F)(F)C(F)(F)C(F)(F)F)cc2F)c1Sc1nnnn1CCO. The molecular formula is C19H12F8N6O5S. The molecular weight excluding hydrogens is 576 g/mol. The van der Waals surface area contributed by atoms with E-state index in [1.165, 1.54) is 0 Å². The number of hydrogen-bond donors (Lipinski definition) is 3. The molecule has 1 amide bonds. The molecule has 0 atom stereocenters. The van der Waals surface area contributed by atoms with E-state index >= 15 is 4.39 Å². The van der Waals surface area contributed by atoms with Crippen LogP contribution in [0.5, 0.6) is 5.75 Å². The normalized spacial score (nSPS) is 12.5. The summed E-state index contributed by atoms with van der Waals surface area (Å²) in [5, 5.41) is 41.1. The van der Waals surface area contributed by atoms with Crippen LogP contribution in [0.4, 0.5) is 40.8 Å². The lowest BCUT2D eigenvalue weighted by molar-refractivity contribution is -0.384. The summed E-state index contributed by atoms with van der Waals surface area (Å²) in [6, 6.07) is 0.470. The number of nitro benzene ring substituents is 1. The highest BCUT2D eigenvalue weighted by Gasteiger charge is 2.73. The lowest BCUT2D eigenvalue weighted by Crippen LogP contribution is -2.50. The molecule has 0 aliphatic heterocycles. The van der Waals surface area contributed by atoms with Crippen molar-refractivity contribution >= 4 is 23.4 Å². The third-order valence-electron chi connectivity index (χ3n) is 5.01. The number of aliphatic hydroxyl groups excluding tert-OH is 1. The van der Waals surface area contributed by atoms with Gasteiger partial charge in [0.2, 0.25) is 11.1 Å². The van der Waals surface area contributed by atoms with E-state index in [1.54, 1.807) is 0 Å². The Hall–Kier alpha value is -4.07. The molecule has 0 aliphatic rings. The maximum absolute atomic E-state index is 15.1. The Labute approximate surface area is 214 Å². The van der Waals surface area contributed by atoms with E-state index < -0.39 is 85.9 Å². The number of nitrogens with zero attached hydrogens (tertiary/aromatic N) is 5. The van der Waals surface area contributed by atoms with Crippen LogP contribution in [0, 0.1) is 15.9 Å². The molecule has 0 unspecified atom stereocenters. The Morgan fingerprint density at radius 1 is 1.13 bits per heavy atom. The molecule has 0 bridgehead atoms. The molecule has 2 aromatic carbocycles. The number of alkyl halides is 7. The number of aromatic hydroxyl groups is 1. The fraction of sp³-hybridized carbons (Fsp3) is 0.263. The first-order chi connectivity index (χ1) is 17.9. The summed E-state index contributed by atoms with van der Waals surface area (Å²) in [5.74, 6) is -17.8. The largest absolute Gasteiger partial charge is 0.507 e. The lowest BCUT2D eigenvalue weighted by Gasteiger charge is -2.28. The summed E-state index contributed by atoms with van der Waals surface area (Å²) in [7, 11) is 0. The molecule has 39 heavy (non-hydrogen) atoms. The topological polar surface area (TPSA) is 170 Å². The second-order valence-corrected chi connectivity index (χ2v) is 8.48. The second-order valence-electron chi connectivity index (χ2n) is 7.50. The average Bonchev–Trinajstić information content (AvgIpc) is 3.24. The monoisotopic (exact) mass is 588 g/mol. The van der Waals surface area contributed by atoms with Gasteiger partial charge < -0.3 is 15.9 Å². The van der Waals surface area contributed by atoms with Crippen LogP contribution in [0.1, 0.15) is 15.9 Å². The number of carbonyl (C=O) groups is 1. The molecule has 0 fully saturated rings. The number of carbonyl (C=O) groups excluding carboxylic acids is 1. The van der Waals surface area contributed by atoms with Crippen molar-refractivity contribution in [2.75, 3.05) is 6.61 Å². The number of nitrogens with two attached hydrogens (primary N) is 1. The Kier molecular flexibility index (Phi) is 7.75. The van der Waals surface area contributed by atoms with E-state index in [2.05, 4.69) is 15.5 Å². The number of aromatic nitrogens is 4. The highest BCUT2D eigenvalue weighted by Crippen LogP contribution is 2.53. The zero-order valence-corrected chi connectivity index (χ0v) is 19.4. The minimum absolute atomic E-state index is 0.222. The summed E-state index contributed by atoms with van der Waals surface area (Å²) in [4.78, 5) is 22.0. The molecule has 4 N–H and O–H groups in total. The second kappa shape index (κ2) is 10.2. The van der Waals surface area contributed by atoms with Crippen molar-refractivity contribution < 1.29 is 55.1 Å². The summed E-state index contributed by atoms with van der Waals surface area (Å²) in [6.07, 6.45) is -6.76. The van der Waals surface area contributed by atoms with Crippen LogP contribution in [0.25, 0.3) is 11.1 Å². The van der Waals surface area contributed by atoms with Crippen LogP contribution in [-0.2, 0) is 12.5 Å². The number of hydrogen-bond acceptors (Lipinski definition) is 9. The molecule has 0 aliphatic carbocycles. The zero-order valence-electron chi connectivity index (χ0n) is 18.6. The average molecular weight is 588 g/mol. The van der Waals surface area contributed by atoms with E-state index in [0.717, 1.165) is 4.68 Å². The number of halogens is 8. The fourth-order valence-electron chi connectivity index (χ4n) is 3.19. The van der Waals surface area contributed by atoms with E-state index in [-0.39, 0.29) is 17.8 Å². The van der Waals surface area contributed by atoms with Crippen molar-refractivity contribution in [3.63, 3.8) is 0 Å². The number of phenols is 1. The van der Waals surface area contributed by atoms with E-state index in [1.807, 2.05) is 0 Å². The van der Waals surface area contributed by atoms with Crippen LogP contribution < -0.4 is 5.73 Å². The van der Waals surface area contributed by atoms with Crippen LogP contribution in [0.2, 0.25) is 0 Å². The maximum Gasteiger partial charge on any atom is 0.460 e. The molecule has 210 valence electrons. The smallest absolute Gasteiger partial charge is 0.460 e. The van der Waals surface area contributed by atoms with Crippen LogP contribution in [0.3, 0.4) is 0 Å². The van der Waals surface area contributed by atoms with Gasteiger partial charge in [0.05, 0.1) is 29.2 Å². The van der Waals surface area contributed by atoms with Gasteiger partial charge in [-0.2, -0.15) is 30.7 Å². The Balaban J connectivity index is 2.32. The molecule has 1 aromatic heterocycles. The Bertz CT molecular complexity index is 1430. The quantitative estimate of drug-likeness (QED) is 0.192. The number of tetrazole rings is 1. The van der Waals surface area contributed by atoms with Crippen molar-refractivity contribution in [2.45, 2.75) is 34.6 Å². The number of phenolic OH excluding ortho intramolecular Hbond substituents is 1. The maximum atomic E-state index is 15.1. The number of non-ortho nitro benzene ring substituents is 1. The van der Waals surface area contributed by atoms with Crippen molar-refractivity contribution in [3.8, 4) is 16.9 Å². The van der Waals surface area contributed by atoms with Crippen LogP contribution in [0.15, 0.2) is 34.3 Å². The van der Waals surface area contributed by atoms with Gasteiger partial charge in [-0.25, -0.2) is 9.07 Å². The van der Waals surface area contributed by atoms with E-state index in [0.29, 0.717) is 23.9 Å². The Morgan fingerprint density at radius 2 is 1.77 bits per heavy atom. The van der Waals surface area contributed by atoms with E-state index in [4.69, 9.17) is 10.8 Å². The van der Waals surface area contributed by atoms with E-state index in [9.17, 15) is 50.7 Å². The molecule has 0 saturated heterocycles. The molecule has 0 spiro atoms. The lowest BCUT2D eigenvalue weighted by atomic mass is 9.95. The third-order valence-corrected chi connectivity index (χ3v) is 6.12. The van der Waals surface area contributed by atoms with Gasteiger partial charge in [0.1, 0.15) is 11.6 Å². The molecule has 3 rings (SSSR count). The fourth-order valence-corrected chi connectivity index (χ4v) is 4.23. The van der Waals surface area contributed by atoms with Crippen LogP contribution in [-0.4, -0.2) is 60.0 Å². The Morgan fingerprint density at radius 3 is 2.28 bits per heavy atom. The van der Waals surface area contributed by atoms with Crippen molar-refractivity contribution in [3.05, 3.63) is 51.3 Å². The molecule has 0 radical (unpaired) electrons. The molecule has 1 heterocycles. The highest BCUT2D eigenvalue weighted by atomic mass is 32.2. The number of aliphatic hydroxyl groups is 1. The van der Waals surface area contributed by atoms with Gasteiger partial charge in [0.25, 0.3) is 5.69 Å². The summed E-state index contributed by atoms with van der Waals surface area (Å²) >= 11 is 0.390. The number of primary amides is 1. The third kappa shape index (κ3) is 5.28. The summed E-state index contributed by atoms with van der Waals surface area (Å²) < 4.78 is 109. The molecule has 3 aromatic rings. The number of benzene rings is 2. The standard InChI is InChI=1S/C19H12F8N6O5S/c20-11-3-7(17(21,22)18(23,24)19(25,26)27)4-12(35)13(11)9-5-8(33(37)38)6-10(15(28)36)14(9)39-16-29-30-31-32(16)1-2-34/h3-6,34-35H,1-2H2,(H2,28,36). The summed E-state index contributed by atoms with van der Waals surface area (Å²) in [5.41, 5.74) is -0.598. The van der Waals surface area contributed by atoms with Gasteiger partial charge in [0.15, 0.2) is 0 Å². The first-order valence-electron chi connectivity index (χ1n) is 9.96. The first-order valence-corrected chi connectivity index (χ1v) is 10.8.